The van der Waals surface area contributed by atoms with Crippen LogP contribution in [0.4, 0.5) is 5.69 Å². The third-order valence-electron chi connectivity index (χ3n) is 2.48. The molecule has 1 atom stereocenters. The minimum atomic E-state index is -0.456. The van der Waals surface area contributed by atoms with Gasteiger partial charge in [0.1, 0.15) is 0 Å². The molecule has 1 heterocycles. The summed E-state index contributed by atoms with van der Waals surface area (Å²) in [6.45, 7) is 0.352. The van der Waals surface area contributed by atoms with Crippen molar-refractivity contribution in [2.75, 3.05) is 0 Å². The number of nitro benzene ring substituents is 1. The minimum absolute atomic E-state index is 0.0532. The number of fused-ring (bicyclic) bond motifs is 1. The quantitative estimate of drug-likeness (QED) is 0.398. The second-order valence-electron chi connectivity index (χ2n) is 3.64. The molecule has 0 aliphatic carbocycles. The summed E-state index contributed by atoms with van der Waals surface area (Å²) in [7, 11) is 0. The lowest BCUT2D eigenvalue weighted by molar-refractivity contribution is -0.383. The number of aromatic amines is 1. The molecule has 1 aromatic heterocycles. The van der Waals surface area contributed by atoms with Gasteiger partial charge in [0.15, 0.2) is 5.01 Å². The van der Waals surface area contributed by atoms with Crippen LogP contribution in [0.15, 0.2) is 24.3 Å². The highest BCUT2D eigenvalue weighted by atomic mass is 79.9. The molecule has 0 aliphatic heterocycles. The first kappa shape index (κ1) is 12.6. The molecule has 1 N–H and O–H groups in total. The molecule has 6 nitrogen and oxygen atoms in total. The van der Waals surface area contributed by atoms with Crippen molar-refractivity contribution in [2.45, 2.75) is 11.4 Å². The number of carbonyl (C=O) groups is 1. The molecule has 1 unspecified atom stereocenters. The number of nitro groups is 1. The topological polar surface area (TPSA) is 85.2 Å². The number of alkyl halides is 1. The number of aromatic nitrogens is 1. The molecule has 0 radical (unpaired) electrons. The summed E-state index contributed by atoms with van der Waals surface area (Å²) in [5, 5.41) is 10.9. The maximum Gasteiger partial charge on any atom is 0.294 e. The number of carbonyl (C=O) groups excluding carboxylic acids is 1. The van der Waals surface area contributed by atoms with Gasteiger partial charge >= 0.3 is 0 Å². The van der Waals surface area contributed by atoms with E-state index in [1.54, 1.807) is 18.2 Å². The maximum absolute atomic E-state index is 10.9. The van der Waals surface area contributed by atoms with Crippen molar-refractivity contribution in [2.24, 2.45) is 0 Å². The van der Waals surface area contributed by atoms with Crippen LogP contribution in [0.3, 0.4) is 0 Å². The van der Waals surface area contributed by atoms with Crippen molar-refractivity contribution in [1.82, 2.24) is 4.98 Å². The van der Waals surface area contributed by atoms with Gasteiger partial charge in [0.05, 0.1) is 15.8 Å². The second kappa shape index (κ2) is 5.18. The third kappa shape index (κ3) is 2.51. The average molecular weight is 313 g/mol. The first-order valence-corrected chi connectivity index (χ1v) is 6.01. The van der Waals surface area contributed by atoms with Crippen LogP contribution in [0.1, 0.15) is 5.69 Å². The predicted octanol–water partition coefficient (Wildman–Crippen LogP) is 2.51. The molecule has 0 saturated heterocycles. The molecule has 0 spiro atoms. The summed E-state index contributed by atoms with van der Waals surface area (Å²) in [4.78, 5) is 23.7. The molecular weight excluding hydrogens is 304 g/mol. The van der Waals surface area contributed by atoms with Gasteiger partial charge < -0.3 is 9.72 Å². The van der Waals surface area contributed by atoms with E-state index < -0.39 is 9.94 Å². The molecule has 18 heavy (non-hydrogen) atoms. The summed E-state index contributed by atoms with van der Waals surface area (Å²) in [5.41, 5.74) is 1.49. The predicted molar refractivity (Wildman–Crippen MR) is 68.5 cm³/mol. The van der Waals surface area contributed by atoms with Crippen LogP contribution in [-0.4, -0.2) is 21.4 Å². The monoisotopic (exact) mass is 312 g/mol. The van der Waals surface area contributed by atoms with Crippen LogP contribution in [0.5, 0.6) is 0 Å². The Morgan fingerprint density at radius 2 is 2.33 bits per heavy atom. The molecule has 2 aromatic rings. The van der Waals surface area contributed by atoms with Crippen LogP contribution in [0, 0.1) is 10.1 Å². The van der Waals surface area contributed by atoms with Gasteiger partial charge in [0.2, 0.25) is 0 Å². The third-order valence-corrected chi connectivity index (χ3v) is 3.02. The zero-order valence-corrected chi connectivity index (χ0v) is 10.7. The Hall–Kier alpha value is -1.89. The van der Waals surface area contributed by atoms with E-state index in [0.29, 0.717) is 23.8 Å². The van der Waals surface area contributed by atoms with Crippen LogP contribution in [-0.2, 0) is 16.0 Å². The molecule has 7 heteroatoms. The van der Waals surface area contributed by atoms with Crippen molar-refractivity contribution in [3.63, 3.8) is 0 Å². The zero-order chi connectivity index (χ0) is 13.1. The van der Waals surface area contributed by atoms with Crippen molar-refractivity contribution in [3.05, 3.63) is 40.1 Å². The molecule has 0 bridgehead atoms. The highest BCUT2D eigenvalue weighted by Gasteiger charge is 2.15. The van der Waals surface area contributed by atoms with E-state index >= 15 is 0 Å². The van der Waals surface area contributed by atoms with Gasteiger partial charge in [0.25, 0.3) is 12.2 Å². The number of nitrogens with one attached hydrogen (secondary N) is 1. The normalized spacial score (nSPS) is 12.3. The Kier molecular flexibility index (Phi) is 3.61. The van der Waals surface area contributed by atoms with E-state index in [0.717, 1.165) is 5.69 Å². The molecule has 0 amide bonds. The van der Waals surface area contributed by atoms with Crippen LogP contribution in [0.2, 0.25) is 0 Å². The van der Waals surface area contributed by atoms with Gasteiger partial charge in [-0.15, -0.1) is 0 Å². The summed E-state index contributed by atoms with van der Waals surface area (Å²) >= 11 is 3.17. The summed E-state index contributed by atoms with van der Waals surface area (Å²) in [5.74, 6) is 0. The average Bonchev–Trinajstić information content (AvgIpc) is 2.70. The number of benzene rings is 1. The summed E-state index contributed by atoms with van der Waals surface area (Å²) < 4.78 is 4.70. The number of ether oxygens (including phenoxy) is 1. The number of nitrogens with zero attached hydrogens (tertiary/aromatic N) is 1. The van der Waals surface area contributed by atoms with E-state index in [9.17, 15) is 14.9 Å². The number of H-pyrrole nitrogens is 1. The Morgan fingerprint density at radius 1 is 1.56 bits per heavy atom. The van der Waals surface area contributed by atoms with Gasteiger partial charge in [0, 0.05) is 18.2 Å². The van der Waals surface area contributed by atoms with Crippen LogP contribution >= 0.6 is 15.9 Å². The zero-order valence-electron chi connectivity index (χ0n) is 9.13. The minimum Gasteiger partial charge on any atom is -0.453 e. The van der Waals surface area contributed by atoms with Gasteiger partial charge in [-0.2, -0.15) is 0 Å². The molecule has 0 fully saturated rings. The van der Waals surface area contributed by atoms with Crippen LogP contribution < -0.4 is 0 Å². The SMILES string of the molecule is O=COC(Br)Cc1cc2c([N+](=O)[O-])cccc2[nH]1. The van der Waals surface area contributed by atoms with Gasteiger partial charge in [-0.3, -0.25) is 14.9 Å². The first-order chi connectivity index (χ1) is 8.61. The van der Waals surface area contributed by atoms with E-state index in [1.165, 1.54) is 6.07 Å². The lowest BCUT2D eigenvalue weighted by atomic mass is 10.2. The summed E-state index contributed by atoms with van der Waals surface area (Å²) in [6, 6.07) is 6.52. The Bertz CT molecular complexity index is 596. The summed E-state index contributed by atoms with van der Waals surface area (Å²) in [6.07, 6.45) is 0.407. The molecule has 94 valence electrons. The number of hydrogen-bond acceptors (Lipinski definition) is 4. The van der Waals surface area contributed by atoms with Gasteiger partial charge in [-0.25, -0.2) is 0 Å². The van der Waals surface area contributed by atoms with Crippen molar-refractivity contribution < 1.29 is 14.5 Å². The number of halogens is 1. The number of rotatable bonds is 5. The van der Waals surface area contributed by atoms with Gasteiger partial charge in [-0.05, 0) is 28.1 Å². The molecule has 2 rings (SSSR count). The maximum atomic E-state index is 10.9. The Morgan fingerprint density at radius 3 is 3.00 bits per heavy atom. The van der Waals surface area contributed by atoms with Crippen molar-refractivity contribution >= 4 is 39.0 Å². The fourth-order valence-corrected chi connectivity index (χ4v) is 2.18. The fraction of sp³-hybridized carbons (Fsp3) is 0.182. The Labute approximate surface area is 110 Å². The standard InChI is InChI=1S/C11H9BrN2O4/c12-11(18-6-15)5-7-4-8-9(13-7)2-1-3-10(8)14(16)17/h1-4,6,11,13H,5H2. The van der Waals surface area contributed by atoms with E-state index in [4.69, 9.17) is 4.74 Å². The highest BCUT2D eigenvalue weighted by Crippen LogP contribution is 2.26. The smallest absolute Gasteiger partial charge is 0.294 e. The second-order valence-corrected chi connectivity index (χ2v) is 4.66. The Balaban J connectivity index is 2.35. The highest BCUT2D eigenvalue weighted by molar-refractivity contribution is 9.09. The fourth-order valence-electron chi connectivity index (χ4n) is 1.75. The molecular formula is C11H9BrN2O4. The van der Waals surface area contributed by atoms with E-state index in [-0.39, 0.29) is 5.69 Å². The molecule has 0 saturated carbocycles. The van der Waals surface area contributed by atoms with Crippen molar-refractivity contribution in [3.8, 4) is 0 Å². The van der Waals surface area contributed by atoms with Crippen LogP contribution in [0.25, 0.3) is 10.9 Å². The van der Waals surface area contributed by atoms with Gasteiger partial charge in [-0.1, -0.05) is 6.07 Å². The van der Waals surface area contributed by atoms with E-state index in [2.05, 4.69) is 20.9 Å². The first-order valence-electron chi connectivity index (χ1n) is 5.10. The largest absolute Gasteiger partial charge is 0.453 e. The lowest BCUT2D eigenvalue weighted by Gasteiger charge is -2.04. The number of non-ortho nitro benzene ring substituents is 1. The lowest BCUT2D eigenvalue weighted by Crippen LogP contribution is -2.06. The van der Waals surface area contributed by atoms with E-state index in [1.807, 2.05) is 0 Å². The number of hydrogen-bond donors (Lipinski definition) is 1. The molecule has 0 aliphatic rings. The van der Waals surface area contributed by atoms with Crippen molar-refractivity contribution in [1.29, 1.82) is 0 Å². The molecule has 1 aromatic carbocycles.